The predicted molar refractivity (Wildman–Crippen MR) is 81.1 cm³/mol. The first-order valence-corrected chi connectivity index (χ1v) is 6.44. The molecule has 3 N–H and O–H groups in total. The quantitative estimate of drug-likeness (QED) is 0.850. The van der Waals surface area contributed by atoms with E-state index in [1.807, 2.05) is 6.07 Å². The topological polar surface area (TPSA) is 88.1 Å². The zero-order valence-electron chi connectivity index (χ0n) is 11.0. The van der Waals surface area contributed by atoms with Gasteiger partial charge >= 0.3 is 0 Å². The first-order valence-electron chi connectivity index (χ1n) is 6.06. The Balaban J connectivity index is 1.97. The van der Waals surface area contributed by atoms with Gasteiger partial charge in [0.05, 0.1) is 11.3 Å². The van der Waals surface area contributed by atoms with Crippen LogP contribution in [0.1, 0.15) is 5.56 Å². The summed E-state index contributed by atoms with van der Waals surface area (Å²) in [5, 5.41) is 12.0. The van der Waals surface area contributed by atoms with Gasteiger partial charge in [-0.05, 0) is 42.5 Å². The number of nitrogens with one attached hydrogen (secondary N) is 1. The second-order valence-corrected chi connectivity index (χ2v) is 4.64. The van der Waals surface area contributed by atoms with Crippen molar-refractivity contribution in [3.63, 3.8) is 0 Å². The van der Waals surface area contributed by atoms with E-state index in [4.69, 9.17) is 27.3 Å². The van der Waals surface area contributed by atoms with Crippen LogP contribution in [0.3, 0.4) is 0 Å². The predicted octanol–water partition coefficient (Wildman–Crippen LogP) is 2.81. The highest BCUT2D eigenvalue weighted by Crippen LogP contribution is 2.20. The molecule has 0 unspecified atom stereocenters. The maximum atomic E-state index is 11.8. The molecule has 2 aromatic rings. The molecule has 0 aliphatic rings. The van der Waals surface area contributed by atoms with Crippen LogP contribution in [0.25, 0.3) is 0 Å². The molecule has 0 radical (unpaired) electrons. The van der Waals surface area contributed by atoms with E-state index in [9.17, 15) is 4.79 Å². The Kier molecular flexibility index (Phi) is 4.64. The normalized spacial score (nSPS) is 9.71. The van der Waals surface area contributed by atoms with Gasteiger partial charge in [0, 0.05) is 10.7 Å². The molecular formula is C15H12ClN3O2. The fraction of sp³-hybridized carbons (Fsp3) is 0.0667. The molecule has 106 valence electrons. The Morgan fingerprint density at radius 3 is 2.67 bits per heavy atom. The van der Waals surface area contributed by atoms with Gasteiger partial charge in [0.2, 0.25) is 0 Å². The molecule has 6 heteroatoms. The fourth-order valence-corrected chi connectivity index (χ4v) is 1.79. The molecule has 0 fully saturated rings. The number of nitrogen functional groups attached to an aromatic ring is 1. The number of ether oxygens (including phenoxy) is 1. The average Bonchev–Trinajstić information content (AvgIpc) is 2.47. The summed E-state index contributed by atoms with van der Waals surface area (Å²) < 4.78 is 5.32. The zero-order valence-corrected chi connectivity index (χ0v) is 11.7. The van der Waals surface area contributed by atoms with Crippen molar-refractivity contribution in [3.8, 4) is 11.8 Å². The Morgan fingerprint density at radius 1 is 1.29 bits per heavy atom. The van der Waals surface area contributed by atoms with Gasteiger partial charge in [0.1, 0.15) is 11.8 Å². The molecule has 0 aromatic heterocycles. The highest BCUT2D eigenvalue weighted by molar-refractivity contribution is 6.31. The van der Waals surface area contributed by atoms with E-state index in [1.54, 1.807) is 36.4 Å². The van der Waals surface area contributed by atoms with E-state index in [0.717, 1.165) is 0 Å². The van der Waals surface area contributed by atoms with Crippen molar-refractivity contribution < 1.29 is 9.53 Å². The third-order valence-corrected chi connectivity index (χ3v) is 2.86. The van der Waals surface area contributed by atoms with Gasteiger partial charge in [-0.15, -0.1) is 0 Å². The van der Waals surface area contributed by atoms with Crippen LogP contribution in [-0.4, -0.2) is 12.5 Å². The molecular weight excluding hydrogens is 290 g/mol. The van der Waals surface area contributed by atoms with E-state index >= 15 is 0 Å². The average molecular weight is 302 g/mol. The first-order chi connectivity index (χ1) is 10.1. The smallest absolute Gasteiger partial charge is 0.262 e. The van der Waals surface area contributed by atoms with Crippen molar-refractivity contribution in [2.24, 2.45) is 0 Å². The van der Waals surface area contributed by atoms with Crippen LogP contribution < -0.4 is 15.8 Å². The number of hydrogen-bond acceptors (Lipinski definition) is 4. The van der Waals surface area contributed by atoms with Gasteiger partial charge < -0.3 is 15.8 Å². The molecule has 0 aliphatic heterocycles. The van der Waals surface area contributed by atoms with Crippen LogP contribution in [0.5, 0.6) is 5.75 Å². The number of hydrogen-bond donors (Lipinski definition) is 2. The maximum absolute atomic E-state index is 11.8. The number of nitrogens with zero attached hydrogens (tertiary/aromatic N) is 1. The van der Waals surface area contributed by atoms with Crippen LogP contribution in [0.4, 0.5) is 11.4 Å². The number of anilines is 2. The maximum Gasteiger partial charge on any atom is 0.262 e. The SMILES string of the molecule is N#Cc1ccc(Cl)cc1NC(=O)COc1ccc(N)cc1. The van der Waals surface area contributed by atoms with Gasteiger partial charge in [0.15, 0.2) is 6.61 Å². The van der Waals surface area contributed by atoms with E-state index in [2.05, 4.69) is 5.32 Å². The van der Waals surface area contributed by atoms with Crippen LogP contribution in [0, 0.1) is 11.3 Å². The standard InChI is InChI=1S/C15H12ClN3O2/c16-11-2-1-10(8-17)14(7-11)19-15(20)9-21-13-5-3-12(18)4-6-13/h1-7H,9,18H2,(H,19,20). The summed E-state index contributed by atoms with van der Waals surface area (Å²) in [5.74, 6) is 0.150. The zero-order chi connectivity index (χ0) is 15.2. The van der Waals surface area contributed by atoms with Crippen molar-refractivity contribution >= 4 is 28.9 Å². The van der Waals surface area contributed by atoms with E-state index in [1.165, 1.54) is 6.07 Å². The largest absolute Gasteiger partial charge is 0.484 e. The number of carbonyl (C=O) groups excluding carboxylic acids is 1. The summed E-state index contributed by atoms with van der Waals surface area (Å²) in [6.07, 6.45) is 0. The van der Waals surface area contributed by atoms with Crippen LogP contribution in [0.15, 0.2) is 42.5 Å². The summed E-state index contributed by atoms with van der Waals surface area (Å²) in [4.78, 5) is 11.8. The second-order valence-electron chi connectivity index (χ2n) is 4.21. The molecule has 21 heavy (non-hydrogen) atoms. The molecule has 0 saturated carbocycles. The van der Waals surface area contributed by atoms with Gasteiger partial charge in [-0.3, -0.25) is 4.79 Å². The van der Waals surface area contributed by atoms with E-state index in [-0.39, 0.29) is 12.5 Å². The monoisotopic (exact) mass is 301 g/mol. The lowest BCUT2D eigenvalue weighted by Crippen LogP contribution is -2.20. The molecule has 0 bridgehead atoms. The molecule has 2 rings (SSSR count). The molecule has 0 aliphatic carbocycles. The highest BCUT2D eigenvalue weighted by atomic mass is 35.5. The number of rotatable bonds is 4. The number of benzene rings is 2. The molecule has 0 saturated heterocycles. The van der Waals surface area contributed by atoms with Crippen molar-refractivity contribution in [1.29, 1.82) is 5.26 Å². The molecule has 0 heterocycles. The third kappa shape index (κ3) is 4.13. The lowest BCUT2D eigenvalue weighted by molar-refractivity contribution is -0.118. The highest BCUT2D eigenvalue weighted by Gasteiger charge is 2.08. The summed E-state index contributed by atoms with van der Waals surface area (Å²) in [6, 6.07) is 13.3. The van der Waals surface area contributed by atoms with Crippen LogP contribution in [0.2, 0.25) is 5.02 Å². The lowest BCUT2D eigenvalue weighted by atomic mass is 10.2. The minimum atomic E-state index is -0.384. The van der Waals surface area contributed by atoms with Crippen LogP contribution >= 0.6 is 11.6 Å². The Morgan fingerprint density at radius 2 is 2.00 bits per heavy atom. The summed E-state index contributed by atoms with van der Waals surface area (Å²) in [6.45, 7) is -0.179. The Bertz CT molecular complexity index is 693. The molecule has 1 amide bonds. The number of nitrogens with two attached hydrogens (primary N) is 1. The van der Waals surface area contributed by atoms with Crippen molar-refractivity contribution in [2.75, 3.05) is 17.7 Å². The van der Waals surface area contributed by atoms with E-state index < -0.39 is 0 Å². The summed E-state index contributed by atoms with van der Waals surface area (Å²) in [7, 11) is 0. The van der Waals surface area contributed by atoms with Crippen molar-refractivity contribution in [1.82, 2.24) is 0 Å². The van der Waals surface area contributed by atoms with Gasteiger partial charge in [0.25, 0.3) is 5.91 Å². The van der Waals surface area contributed by atoms with E-state index in [0.29, 0.717) is 27.7 Å². The first kappa shape index (κ1) is 14.7. The molecule has 0 spiro atoms. The lowest BCUT2D eigenvalue weighted by Gasteiger charge is -2.09. The molecule has 2 aromatic carbocycles. The molecule has 0 atom stereocenters. The third-order valence-electron chi connectivity index (χ3n) is 2.63. The van der Waals surface area contributed by atoms with Gasteiger partial charge in [-0.2, -0.15) is 5.26 Å². The summed E-state index contributed by atoms with van der Waals surface area (Å²) in [5.41, 5.74) is 6.86. The minimum Gasteiger partial charge on any atom is -0.484 e. The molecule has 5 nitrogen and oxygen atoms in total. The minimum absolute atomic E-state index is 0.179. The van der Waals surface area contributed by atoms with Crippen molar-refractivity contribution in [3.05, 3.63) is 53.1 Å². The Labute approximate surface area is 126 Å². The fourth-order valence-electron chi connectivity index (χ4n) is 1.62. The number of amides is 1. The Hall–Kier alpha value is -2.71. The van der Waals surface area contributed by atoms with Crippen LogP contribution in [-0.2, 0) is 4.79 Å². The van der Waals surface area contributed by atoms with Gasteiger partial charge in [-0.25, -0.2) is 0 Å². The number of halogens is 1. The number of nitriles is 1. The summed E-state index contributed by atoms with van der Waals surface area (Å²) >= 11 is 5.84. The second kappa shape index (κ2) is 6.64. The number of carbonyl (C=O) groups is 1. The van der Waals surface area contributed by atoms with Crippen molar-refractivity contribution in [2.45, 2.75) is 0 Å². The van der Waals surface area contributed by atoms with Gasteiger partial charge in [-0.1, -0.05) is 11.6 Å².